The van der Waals surface area contributed by atoms with Crippen molar-refractivity contribution >= 4 is 34.3 Å². The van der Waals surface area contributed by atoms with Crippen LogP contribution in [0, 0.1) is 0 Å². The van der Waals surface area contributed by atoms with E-state index < -0.39 is 17.6 Å². The molecule has 0 bridgehead atoms. The van der Waals surface area contributed by atoms with Gasteiger partial charge in [-0.05, 0) is 35.9 Å². The number of nitrogens with zero attached hydrogens (tertiary/aromatic N) is 1. The first-order chi connectivity index (χ1) is 16.4. The smallest absolute Gasteiger partial charge is 0.411 e. The van der Waals surface area contributed by atoms with Crippen molar-refractivity contribution in [2.45, 2.75) is 6.54 Å². The van der Waals surface area contributed by atoms with Gasteiger partial charge in [-0.3, -0.25) is 4.79 Å². The SMILES string of the molecule is COc1ccc2cc(NC(=O)c3ccccc3NCc3ccc(OC(N)=O)nc3)c(=O)oc2c1. The maximum atomic E-state index is 13.0. The Morgan fingerprint density at radius 3 is 2.62 bits per heavy atom. The molecule has 2 aromatic heterocycles. The molecule has 0 spiro atoms. The molecule has 0 aliphatic heterocycles. The first-order valence-electron chi connectivity index (χ1n) is 10.1. The largest absolute Gasteiger partial charge is 0.497 e. The van der Waals surface area contributed by atoms with E-state index in [1.807, 2.05) is 0 Å². The minimum atomic E-state index is -0.946. The maximum absolute atomic E-state index is 13.0. The monoisotopic (exact) mass is 460 g/mol. The van der Waals surface area contributed by atoms with Crippen molar-refractivity contribution in [1.29, 1.82) is 0 Å². The van der Waals surface area contributed by atoms with E-state index in [9.17, 15) is 14.4 Å². The van der Waals surface area contributed by atoms with E-state index in [2.05, 4.69) is 15.6 Å². The Kier molecular flexibility index (Phi) is 6.40. The molecule has 2 aromatic carbocycles. The highest BCUT2D eigenvalue weighted by Crippen LogP contribution is 2.23. The quantitative estimate of drug-likeness (QED) is 0.355. The lowest BCUT2D eigenvalue weighted by atomic mass is 10.1. The average molecular weight is 460 g/mol. The molecule has 4 rings (SSSR count). The summed E-state index contributed by atoms with van der Waals surface area (Å²) in [6, 6.07) is 16.7. The number of benzene rings is 2. The van der Waals surface area contributed by atoms with Crippen LogP contribution in [-0.4, -0.2) is 24.1 Å². The fourth-order valence-corrected chi connectivity index (χ4v) is 3.21. The number of carbonyl (C=O) groups is 2. The molecule has 4 aromatic rings. The van der Waals surface area contributed by atoms with Gasteiger partial charge in [0.05, 0.1) is 12.7 Å². The third kappa shape index (κ3) is 5.13. The Balaban J connectivity index is 1.50. The zero-order valence-electron chi connectivity index (χ0n) is 18.0. The third-order valence-corrected chi connectivity index (χ3v) is 4.85. The number of pyridine rings is 1. The van der Waals surface area contributed by atoms with E-state index in [0.717, 1.165) is 5.56 Å². The van der Waals surface area contributed by atoms with Crippen LogP contribution in [0.3, 0.4) is 0 Å². The maximum Gasteiger partial charge on any atom is 0.411 e. The number of aromatic nitrogens is 1. The molecule has 0 aliphatic rings. The third-order valence-electron chi connectivity index (χ3n) is 4.85. The molecule has 4 N–H and O–H groups in total. The zero-order valence-corrected chi connectivity index (χ0v) is 18.0. The normalized spacial score (nSPS) is 10.5. The number of ether oxygens (including phenoxy) is 2. The van der Waals surface area contributed by atoms with Gasteiger partial charge in [0.2, 0.25) is 5.88 Å². The van der Waals surface area contributed by atoms with Crippen LogP contribution in [0.4, 0.5) is 16.2 Å². The summed E-state index contributed by atoms with van der Waals surface area (Å²) < 4.78 is 15.2. The van der Waals surface area contributed by atoms with Gasteiger partial charge in [-0.2, -0.15) is 0 Å². The van der Waals surface area contributed by atoms with Crippen molar-refractivity contribution in [2.24, 2.45) is 5.73 Å². The minimum absolute atomic E-state index is 0.0201. The molecule has 2 amide bonds. The van der Waals surface area contributed by atoms with Crippen LogP contribution < -0.4 is 31.5 Å². The predicted octanol–water partition coefficient (Wildman–Crippen LogP) is 3.52. The lowest BCUT2D eigenvalue weighted by molar-refractivity contribution is 0.102. The fourth-order valence-electron chi connectivity index (χ4n) is 3.21. The van der Waals surface area contributed by atoms with Crippen molar-refractivity contribution in [3.63, 3.8) is 0 Å². The minimum Gasteiger partial charge on any atom is -0.497 e. The van der Waals surface area contributed by atoms with Crippen LogP contribution in [0.15, 0.2) is 76.1 Å². The first-order valence-corrected chi connectivity index (χ1v) is 10.1. The number of hydrogen-bond donors (Lipinski definition) is 3. The van der Waals surface area contributed by atoms with Crippen molar-refractivity contribution in [2.75, 3.05) is 17.7 Å². The van der Waals surface area contributed by atoms with Crippen molar-refractivity contribution in [1.82, 2.24) is 4.98 Å². The topological polar surface area (TPSA) is 146 Å². The lowest BCUT2D eigenvalue weighted by Crippen LogP contribution is -2.19. The molecule has 0 saturated carbocycles. The molecule has 10 nitrogen and oxygen atoms in total. The number of fused-ring (bicyclic) bond motifs is 1. The molecule has 0 saturated heterocycles. The van der Waals surface area contributed by atoms with Crippen molar-refractivity contribution in [3.05, 3.63) is 88.4 Å². The van der Waals surface area contributed by atoms with Crippen LogP contribution in [0.1, 0.15) is 15.9 Å². The highest BCUT2D eigenvalue weighted by molar-refractivity contribution is 6.08. The van der Waals surface area contributed by atoms with Crippen LogP contribution in [0.2, 0.25) is 0 Å². The summed E-state index contributed by atoms with van der Waals surface area (Å²) in [6.07, 6.45) is 0.571. The highest BCUT2D eigenvalue weighted by Gasteiger charge is 2.15. The van der Waals surface area contributed by atoms with Crippen LogP contribution in [-0.2, 0) is 6.54 Å². The van der Waals surface area contributed by atoms with Crippen molar-refractivity contribution in [3.8, 4) is 11.6 Å². The molecule has 0 radical (unpaired) electrons. The summed E-state index contributed by atoms with van der Waals surface area (Å²) in [5.74, 6) is 0.160. The Morgan fingerprint density at radius 1 is 1.06 bits per heavy atom. The second-order valence-corrected chi connectivity index (χ2v) is 7.13. The van der Waals surface area contributed by atoms with Gasteiger partial charge >= 0.3 is 11.7 Å². The van der Waals surface area contributed by atoms with Gasteiger partial charge in [0.25, 0.3) is 5.91 Å². The molecule has 10 heteroatoms. The molecule has 34 heavy (non-hydrogen) atoms. The Hall–Kier alpha value is -4.86. The number of nitrogens with two attached hydrogens (primary N) is 1. The van der Waals surface area contributed by atoms with E-state index in [0.29, 0.717) is 34.5 Å². The van der Waals surface area contributed by atoms with Gasteiger partial charge in [0, 0.05) is 35.9 Å². The number of hydrogen-bond acceptors (Lipinski definition) is 8. The van der Waals surface area contributed by atoms with Gasteiger partial charge in [-0.25, -0.2) is 14.6 Å². The Bertz CT molecular complexity index is 1420. The summed E-state index contributed by atoms with van der Waals surface area (Å²) >= 11 is 0. The van der Waals surface area contributed by atoms with E-state index in [1.165, 1.54) is 19.4 Å². The number of carbonyl (C=O) groups excluding carboxylic acids is 2. The fraction of sp³-hybridized carbons (Fsp3) is 0.0833. The summed E-state index contributed by atoms with van der Waals surface area (Å²) in [6.45, 7) is 0.341. The Morgan fingerprint density at radius 2 is 1.88 bits per heavy atom. The number of para-hydroxylation sites is 1. The van der Waals surface area contributed by atoms with E-state index >= 15 is 0 Å². The zero-order chi connectivity index (χ0) is 24.1. The molecule has 0 unspecified atom stereocenters. The van der Waals surface area contributed by atoms with Gasteiger partial charge < -0.3 is 30.3 Å². The summed E-state index contributed by atoms with van der Waals surface area (Å²) in [5.41, 5.74) is 6.32. The number of amides is 2. The second-order valence-electron chi connectivity index (χ2n) is 7.13. The van der Waals surface area contributed by atoms with Gasteiger partial charge in [0.15, 0.2) is 0 Å². The number of primary amides is 1. The number of methoxy groups -OCH3 is 1. The number of nitrogens with one attached hydrogen (secondary N) is 2. The average Bonchev–Trinajstić information content (AvgIpc) is 2.83. The van der Waals surface area contributed by atoms with E-state index in [1.54, 1.807) is 54.6 Å². The van der Waals surface area contributed by atoms with E-state index in [4.69, 9.17) is 19.6 Å². The number of rotatable bonds is 7. The predicted molar refractivity (Wildman–Crippen MR) is 125 cm³/mol. The van der Waals surface area contributed by atoms with Crippen molar-refractivity contribution < 1.29 is 23.5 Å². The lowest BCUT2D eigenvalue weighted by Gasteiger charge is -2.12. The Labute approximate surface area is 193 Å². The molecule has 2 heterocycles. The van der Waals surface area contributed by atoms with Gasteiger partial charge in [-0.1, -0.05) is 18.2 Å². The molecular formula is C24H20N4O6. The standard InChI is InChI=1S/C24H20N4O6/c1-32-16-8-7-15-10-19(23(30)33-20(15)11-16)28-22(29)17-4-2-3-5-18(17)26-12-14-6-9-21(27-13-14)34-24(25)31/h2-11,13,26H,12H2,1H3,(H2,25,31)(H,28,29). The van der Waals surface area contributed by atoms with E-state index in [-0.39, 0.29) is 11.6 Å². The summed E-state index contributed by atoms with van der Waals surface area (Å²) in [4.78, 5) is 40.1. The highest BCUT2D eigenvalue weighted by atomic mass is 16.6. The summed E-state index contributed by atoms with van der Waals surface area (Å²) in [5, 5.41) is 6.42. The molecule has 172 valence electrons. The molecule has 0 fully saturated rings. The molecular weight excluding hydrogens is 440 g/mol. The van der Waals surface area contributed by atoms with Gasteiger partial charge in [0.1, 0.15) is 17.0 Å². The molecule has 0 atom stereocenters. The second kappa shape index (κ2) is 9.74. The van der Waals surface area contributed by atoms with Crippen LogP contribution in [0.5, 0.6) is 11.6 Å². The summed E-state index contributed by atoms with van der Waals surface area (Å²) in [7, 11) is 1.52. The van der Waals surface area contributed by atoms with Gasteiger partial charge in [-0.15, -0.1) is 0 Å². The van der Waals surface area contributed by atoms with Crippen LogP contribution >= 0.6 is 0 Å². The molecule has 0 aliphatic carbocycles. The van der Waals surface area contributed by atoms with Crippen LogP contribution in [0.25, 0.3) is 11.0 Å². The first kappa shape index (κ1) is 22.3. The number of anilines is 2.